The van der Waals surface area contributed by atoms with Crippen LogP contribution in [-0.2, 0) is 11.3 Å². The van der Waals surface area contributed by atoms with E-state index in [2.05, 4.69) is 25.5 Å². The fourth-order valence-electron chi connectivity index (χ4n) is 3.50. The molecule has 0 aliphatic heterocycles. The molecule has 9 nitrogen and oxygen atoms in total. The molecule has 0 bridgehead atoms. The maximum Gasteiger partial charge on any atom is 0.410 e. The molecule has 4 rings (SSSR count). The Labute approximate surface area is 214 Å². The van der Waals surface area contributed by atoms with Crippen molar-refractivity contribution in [1.82, 2.24) is 30.0 Å². The van der Waals surface area contributed by atoms with E-state index in [9.17, 15) is 4.79 Å². The average molecular weight is 506 g/mol. The van der Waals surface area contributed by atoms with Crippen molar-refractivity contribution in [3.05, 3.63) is 89.7 Å². The molecule has 10 heteroatoms. The number of amides is 1. The van der Waals surface area contributed by atoms with Crippen LogP contribution in [0, 0.1) is 0 Å². The summed E-state index contributed by atoms with van der Waals surface area (Å²) >= 11 is 6.22. The molecule has 1 atom stereocenters. The molecule has 0 saturated carbocycles. The summed E-state index contributed by atoms with van der Waals surface area (Å²) in [5.41, 5.74) is 1.83. The normalized spacial score (nSPS) is 12.1. The van der Waals surface area contributed by atoms with Gasteiger partial charge in [-0.15, -0.1) is 0 Å². The first-order valence-electron chi connectivity index (χ1n) is 11.5. The molecule has 1 unspecified atom stereocenters. The zero-order valence-electron chi connectivity index (χ0n) is 20.4. The Bertz CT molecular complexity index is 1280. The summed E-state index contributed by atoms with van der Waals surface area (Å²) in [6.45, 7) is 6.06. The number of nitrogens with zero attached hydrogens (tertiary/aromatic N) is 5. The number of carbonyl (C=O) groups is 1. The van der Waals surface area contributed by atoms with Crippen LogP contribution in [0.5, 0.6) is 0 Å². The molecule has 0 fully saturated rings. The lowest BCUT2D eigenvalue weighted by Gasteiger charge is -2.30. The van der Waals surface area contributed by atoms with E-state index in [0.29, 0.717) is 23.2 Å². The van der Waals surface area contributed by atoms with Crippen LogP contribution in [0.25, 0.3) is 11.4 Å². The van der Waals surface area contributed by atoms with Gasteiger partial charge >= 0.3 is 6.09 Å². The number of hydrogen-bond acceptors (Lipinski definition) is 7. The van der Waals surface area contributed by atoms with Gasteiger partial charge in [-0.25, -0.2) is 9.78 Å². The van der Waals surface area contributed by atoms with Gasteiger partial charge in [0.05, 0.1) is 13.1 Å². The Balaban J connectivity index is 1.66. The van der Waals surface area contributed by atoms with Crippen molar-refractivity contribution in [3.63, 3.8) is 0 Å². The third-order valence-electron chi connectivity index (χ3n) is 5.09. The Morgan fingerprint density at radius 1 is 1.11 bits per heavy atom. The molecule has 0 saturated heterocycles. The van der Waals surface area contributed by atoms with Gasteiger partial charge in [0, 0.05) is 41.1 Å². The van der Waals surface area contributed by atoms with Crippen molar-refractivity contribution in [3.8, 4) is 11.4 Å². The summed E-state index contributed by atoms with van der Waals surface area (Å²) in [6, 6.07) is 14.3. The van der Waals surface area contributed by atoms with Crippen LogP contribution in [0.15, 0.2) is 73.3 Å². The summed E-state index contributed by atoms with van der Waals surface area (Å²) in [6.07, 6.45) is 6.35. The number of aromatic amines is 1. The highest BCUT2D eigenvalue weighted by Gasteiger charge is 2.27. The van der Waals surface area contributed by atoms with E-state index < -0.39 is 17.7 Å². The number of carbonyl (C=O) groups excluding carboxylic acids is 1. The Morgan fingerprint density at radius 2 is 1.92 bits per heavy atom. The number of rotatable bonds is 8. The molecule has 36 heavy (non-hydrogen) atoms. The Hall–Kier alpha value is -3.98. The average Bonchev–Trinajstić information content (AvgIpc) is 3.34. The minimum Gasteiger partial charge on any atom is -0.444 e. The third kappa shape index (κ3) is 7.02. The maximum absolute atomic E-state index is 13.2. The van der Waals surface area contributed by atoms with Gasteiger partial charge in [-0.2, -0.15) is 5.10 Å². The number of aromatic nitrogens is 5. The van der Waals surface area contributed by atoms with Crippen molar-refractivity contribution < 1.29 is 9.53 Å². The van der Waals surface area contributed by atoms with Gasteiger partial charge in [0.1, 0.15) is 17.5 Å². The monoisotopic (exact) mass is 505 g/mol. The van der Waals surface area contributed by atoms with Crippen LogP contribution in [0.2, 0.25) is 5.02 Å². The quantitative estimate of drug-likeness (QED) is 0.325. The molecule has 1 amide bonds. The first-order chi connectivity index (χ1) is 17.3. The molecule has 0 aliphatic carbocycles. The summed E-state index contributed by atoms with van der Waals surface area (Å²) in [5.74, 6) is 1.09. The second-order valence-corrected chi connectivity index (χ2v) is 9.65. The molecule has 3 heterocycles. The highest BCUT2D eigenvalue weighted by Crippen LogP contribution is 2.24. The fourth-order valence-corrected chi connectivity index (χ4v) is 3.69. The zero-order chi connectivity index (χ0) is 25.5. The van der Waals surface area contributed by atoms with E-state index >= 15 is 0 Å². The molecule has 186 valence electrons. The van der Waals surface area contributed by atoms with E-state index in [1.54, 1.807) is 35.8 Å². The second-order valence-electron chi connectivity index (χ2n) is 9.21. The predicted octanol–water partition coefficient (Wildman–Crippen LogP) is 5.51. The first-order valence-corrected chi connectivity index (χ1v) is 11.9. The van der Waals surface area contributed by atoms with Gasteiger partial charge in [-0.3, -0.25) is 15.1 Å². The van der Waals surface area contributed by atoms with Crippen molar-refractivity contribution in [2.45, 2.75) is 39.0 Å². The number of ether oxygens (including phenoxy) is 1. The van der Waals surface area contributed by atoms with Gasteiger partial charge in [0.15, 0.2) is 5.82 Å². The van der Waals surface area contributed by atoms with Crippen molar-refractivity contribution in [2.24, 2.45) is 0 Å². The van der Waals surface area contributed by atoms with Gasteiger partial charge in [0.25, 0.3) is 0 Å². The van der Waals surface area contributed by atoms with Crippen molar-refractivity contribution in [2.75, 3.05) is 11.9 Å². The smallest absolute Gasteiger partial charge is 0.410 e. The summed E-state index contributed by atoms with van der Waals surface area (Å²) in [5, 5.41) is 11.4. The molecule has 0 radical (unpaired) electrons. The highest BCUT2D eigenvalue weighted by atomic mass is 35.5. The first kappa shape index (κ1) is 25.1. The van der Waals surface area contributed by atoms with Crippen LogP contribution in [-0.4, -0.2) is 48.3 Å². The lowest BCUT2D eigenvalue weighted by atomic mass is 10.2. The summed E-state index contributed by atoms with van der Waals surface area (Å²) < 4.78 is 5.72. The number of hydrogen-bond donors (Lipinski definition) is 2. The minimum atomic E-state index is -0.652. The highest BCUT2D eigenvalue weighted by molar-refractivity contribution is 6.30. The van der Waals surface area contributed by atoms with Gasteiger partial charge in [-0.1, -0.05) is 23.7 Å². The van der Waals surface area contributed by atoms with Gasteiger partial charge in [0.2, 0.25) is 0 Å². The molecular formula is C26H28ClN7O2. The SMILES string of the molecule is CC(C)(C)OC(=O)N(Cc1cccnc1)CC(Nc1cccc(Cl)c1)c1nc(-c2ccncc2)n[nH]1. The van der Waals surface area contributed by atoms with E-state index in [-0.39, 0.29) is 6.54 Å². The lowest BCUT2D eigenvalue weighted by Crippen LogP contribution is -2.40. The number of H-pyrrole nitrogens is 1. The Morgan fingerprint density at radius 3 is 2.61 bits per heavy atom. The predicted molar refractivity (Wildman–Crippen MR) is 138 cm³/mol. The number of benzene rings is 1. The van der Waals surface area contributed by atoms with Crippen LogP contribution in [0.3, 0.4) is 0 Å². The molecular weight excluding hydrogens is 478 g/mol. The summed E-state index contributed by atoms with van der Waals surface area (Å²) in [4.78, 5) is 27.8. The van der Waals surface area contributed by atoms with Crippen molar-refractivity contribution in [1.29, 1.82) is 0 Å². The number of pyridine rings is 2. The molecule has 2 N–H and O–H groups in total. The third-order valence-corrected chi connectivity index (χ3v) is 5.32. The zero-order valence-corrected chi connectivity index (χ0v) is 21.1. The van der Waals surface area contributed by atoms with E-state index in [1.807, 2.05) is 63.2 Å². The topological polar surface area (TPSA) is 109 Å². The number of nitrogens with one attached hydrogen (secondary N) is 2. The van der Waals surface area contributed by atoms with E-state index in [4.69, 9.17) is 21.3 Å². The van der Waals surface area contributed by atoms with E-state index in [0.717, 1.165) is 16.8 Å². The van der Waals surface area contributed by atoms with Crippen LogP contribution in [0.1, 0.15) is 38.2 Å². The molecule has 3 aromatic heterocycles. The minimum absolute atomic E-state index is 0.237. The second kappa shape index (κ2) is 11.2. The standard InChI is InChI=1S/C26H28ClN7O2/c1-26(2,3)36-25(35)34(16-18-6-5-11-29-15-18)17-22(30-21-8-4-7-20(27)14-21)24-31-23(32-33-24)19-9-12-28-13-10-19/h4-15,22,30H,16-17H2,1-3H3,(H,31,32,33). The molecule has 1 aromatic carbocycles. The largest absolute Gasteiger partial charge is 0.444 e. The number of anilines is 1. The fraction of sp³-hybridized carbons (Fsp3) is 0.269. The van der Waals surface area contributed by atoms with Gasteiger partial charge in [-0.05, 0) is 62.7 Å². The molecule has 4 aromatic rings. The lowest BCUT2D eigenvalue weighted by molar-refractivity contribution is 0.0224. The maximum atomic E-state index is 13.2. The molecule has 0 spiro atoms. The Kier molecular flexibility index (Phi) is 7.80. The van der Waals surface area contributed by atoms with Crippen LogP contribution >= 0.6 is 11.6 Å². The van der Waals surface area contributed by atoms with Crippen LogP contribution < -0.4 is 5.32 Å². The molecule has 0 aliphatic rings. The van der Waals surface area contributed by atoms with E-state index in [1.165, 1.54) is 0 Å². The van der Waals surface area contributed by atoms with Gasteiger partial charge < -0.3 is 15.0 Å². The van der Waals surface area contributed by atoms with Crippen molar-refractivity contribution >= 4 is 23.4 Å². The summed E-state index contributed by atoms with van der Waals surface area (Å²) in [7, 11) is 0. The number of halogens is 1. The van der Waals surface area contributed by atoms with Crippen LogP contribution in [0.4, 0.5) is 10.5 Å².